The van der Waals surface area contributed by atoms with Crippen LogP contribution in [-0.2, 0) is 9.59 Å². The molecule has 2 rings (SSSR count). The lowest BCUT2D eigenvalue weighted by molar-refractivity contribution is -0.121. The minimum atomic E-state index is -0.786. The van der Waals surface area contributed by atoms with Gasteiger partial charge in [-0.25, -0.2) is 4.99 Å². The number of carbonyl (C=O) groups excluding carboxylic acids is 2. The van der Waals surface area contributed by atoms with E-state index in [1.807, 2.05) is 26.0 Å². The molecule has 6 nitrogen and oxygen atoms in total. The maximum Gasteiger partial charge on any atom is 0.278 e. The van der Waals surface area contributed by atoms with E-state index in [2.05, 4.69) is 15.6 Å². The van der Waals surface area contributed by atoms with E-state index in [0.29, 0.717) is 22.1 Å². The zero-order valence-electron chi connectivity index (χ0n) is 18.2. The zero-order valence-corrected chi connectivity index (χ0v) is 19.0. The third kappa shape index (κ3) is 5.83. The van der Waals surface area contributed by atoms with Gasteiger partial charge in [-0.2, -0.15) is 0 Å². The molecule has 30 heavy (non-hydrogen) atoms. The molecule has 0 fully saturated rings. The Labute approximate surface area is 182 Å². The van der Waals surface area contributed by atoms with Crippen LogP contribution in [0.1, 0.15) is 33.3 Å². The molecule has 0 aliphatic heterocycles. The van der Waals surface area contributed by atoms with E-state index in [1.165, 1.54) is 7.11 Å². The second kappa shape index (κ2) is 9.76. The molecule has 0 radical (unpaired) electrons. The van der Waals surface area contributed by atoms with Crippen molar-refractivity contribution in [3.63, 3.8) is 0 Å². The molecule has 0 saturated carbocycles. The average Bonchev–Trinajstić information content (AvgIpc) is 2.66. The fraction of sp³-hybridized carbons (Fsp3) is 0.348. The average molecular weight is 430 g/mol. The summed E-state index contributed by atoms with van der Waals surface area (Å²) in [5.74, 6) is -0.553. The number of halogens is 1. The van der Waals surface area contributed by atoms with E-state index in [-0.39, 0.29) is 11.5 Å². The summed E-state index contributed by atoms with van der Waals surface area (Å²) in [6.45, 7) is 9.93. The standard InChI is InChI=1S/C23H28ClN3O3/c1-7-25-16-9-10-17(14(2)12-16)26-20(21(28)23(3,4)5)22(29)27-18-13-15(24)8-11-19(18)30-6/h8-13,25H,7H2,1-6H3,(H,27,29)/b26-20-. The van der Waals surface area contributed by atoms with Crippen LogP contribution in [0.2, 0.25) is 5.02 Å². The molecule has 0 saturated heterocycles. The number of methoxy groups -OCH3 is 1. The highest BCUT2D eigenvalue weighted by molar-refractivity contribution is 6.68. The number of rotatable bonds is 7. The lowest BCUT2D eigenvalue weighted by atomic mass is 9.87. The Morgan fingerprint density at radius 1 is 1.13 bits per heavy atom. The van der Waals surface area contributed by atoms with Gasteiger partial charge in [-0.3, -0.25) is 9.59 Å². The number of amides is 1. The molecule has 2 N–H and O–H groups in total. The smallest absolute Gasteiger partial charge is 0.278 e. The van der Waals surface area contributed by atoms with Gasteiger partial charge in [-0.1, -0.05) is 32.4 Å². The summed E-state index contributed by atoms with van der Waals surface area (Å²) >= 11 is 6.05. The number of anilines is 2. The van der Waals surface area contributed by atoms with E-state index in [4.69, 9.17) is 16.3 Å². The second-order valence-corrected chi connectivity index (χ2v) is 8.31. The molecule has 7 heteroatoms. The van der Waals surface area contributed by atoms with E-state index in [9.17, 15) is 9.59 Å². The Kier molecular flexibility index (Phi) is 7.62. The van der Waals surface area contributed by atoms with Crippen molar-refractivity contribution in [3.05, 3.63) is 47.0 Å². The normalized spacial score (nSPS) is 11.8. The molecule has 0 spiro atoms. The van der Waals surface area contributed by atoms with Gasteiger partial charge in [0.25, 0.3) is 5.91 Å². The van der Waals surface area contributed by atoms with Crippen LogP contribution in [0.25, 0.3) is 0 Å². The first kappa shape index (κ1) is 23.4. The molecule has 2 aromatic rings. The lowest BCUT2D eigenvalue weighted by Crippen LogP contribution is -2.37. The number of hydrogen-bond acceptors (Lipinski definition) is 5. The second-order valence-electron chi connectivity index (χ2n) is 7.87. The predicted molar refractivity (Wildman–Crippen MR) is 124 cm³/mol. The first-order valence-corrected chi connectivity index (χ1v) is 10.1. The van der Waals surface area contributed by atoms with Crippen LogP contribution in [0.3, 0.4) is 0 Å². The number of benzene rings is 2. The van der Waals surface area contributed by atoms with Crippen molar-refractivity contribution < 1.29 is 14.3 Å². The summed E-state index contributed by atoms with van der Waals surface area (Å²) in [7, 11) is 1.49. The van der Waals surface area contributed by atoms with Crippen molar-refractivity contribution in [3.8, 4) is 5.75 Å². The van der Waals surface area contributed by atoms with Crippen molar-refractivity contribution in [2.24, 2.45) is 10.4 Å². The zero-order chi connectivity index (χ0) is 22.5. The fourth-order valence-electron chi connectivity index (χ4n) is 2.73. The van der Waals surface area contributed by atoms with Gasteiger partial charge >= 0.3 is 0 Å². The number of hydrogen-bond donors (Lipinski definition) is 2. The minimum absolute atomic E-state index is 0.177. The number of ether oxygens (including phenoxy) is 1. The van der Waals surface area contributed by atoms with Crippen LogP contribution in [0.4, 0.5) is 17.1 Å². The highest BCUT2D eigenvalue weighted by Crippen LogP contribution is 2.29. The molecular weight excluding hydrogens is 402 g/mol. The Morgan fingerprint density at radius 2 is 1.83 bits per heavy atom. The Balaban J connectivity index is 2.48. The fourth-order valence-corrected chi connectivity index (χ4v) is 2.91. The molecule has 1 amide bonds. The van der Waals surface area contributed by atoms with Gasteiger partial charge in [-0.05, 0) is 55.8 Å². The first-order valence-electron chi connectivity index (χ1n) is 9.69. The maximum atomic E-state index is 13.1. The van der Waals surface area contributed by atoms with Crippen molar-refractivity contribution >= 4 is 46.1 Å². The van der Waals surface area contributed by atoms with Crippen LogP contribution >= 0.6 is 11.6 Å². The highest BCUT2D eigenvalue weighted by atomic mass is 35.5. The number of aliphatic imine (C=N–C) groups is 1. The number of nitrogens with one attached hydrogen (secondary N) is 2. The number of aryl methyl sites for hydroxylation is 1. The largest absolute Gasteiger partial charge is 0.495 e. The summed E-state index contributed by atoms with van der Waals surface area (Å²) in [5.41, 5.74) is 1.75. The molecule has 0 aromatic heterocycles. The van der Waals surface area contributed by atoms with E-state index >= 15 is 0 Å². The van der Waals surface area contributed by atoms with Crippen LogP contribution in [-0.4, -0.2) is 31.1 Å². The van der Waals surface area contributed by atoms with Crippen molar-refractivity contribution in [1.29, 1.82) is 0 Å². The molecule has 0 aliphatic carbocycles. The van der Waals surface area contributed by atoms with E-state index in [0.717, 1.165) is 17.8 Å². The maximum absolute atomic E-state index is 13.1. The third-order valence-electron chi connectivity index (χ3n) is 4.33. The van der Waals surface area contributed by atoms with Crippen LogP contribution in [0, 0.1) is 12.3 Å². The third-order valence-corrected chi connectivity index (χ3v) is 4.57. The summed E-state index contributed by atoms with van der Waals surface area (Å²) in [6, 6.07) is 10.4. The lowest BCUT2D eigenvalue weighted by Gasteiger charge is -2.19. The van der Waals surface area contributed by atoms with Gasteiger partial charge in [0.2, 0.25) is 0 Å². The SMILES string of the molecule is CCNc1ccc(/N=C(\C(=O)Nc2cc(Cl)ccc2OC)C(=O)C(C)(C)C)c(C)c1. The van der Waals surface area contributed by atoms with E-state index in [1.54, 1.807) is 45.0 Å². The monoisotopic (exact) mass is 429 g/mol. The van der Waals surface area contributed by atoms with Crippen LogP contribution < -0.4 is 15.4 Å². The minimum Gasteiger partial charge on any atom is -0.495 e. The van der Waals surface area contributed by atoms with Crippen molar-refractivity contribution in [1.82, 2.24) is 0 Å². The molecule has 2 aromatic carbocycles. The Morgan fingerprint density at radius 3 is 2.40 bits per heavy atom. The predicted octanol–water partition coefficient (Wildman–Crippen LogP) is 5.42. The number of Topliss-reactive ketones (excluding diaryl/α,β-unsaturated/α-hetero) is 1. The van der Waals surface area contributed by atoms with Gasteiger partial charge in [0, 0.05) is 22.7 Å². The van der Waals surface area contributed by atoms with Gasteiger partial charge in [0.1, 0.15) is 5.75 Å². The topological polar surface area (TPSA) is 79.8 Å². The summed E-state index contributed by atoms with van der Waals surface area (Å²) in [5, 5.41) is 6.37. The number of carbonyl (C=O) groups is 2. The number of nitrogens with zero attached hydrogens (tertiary/aromatic N) is 1. The first-order chi connectivity index (χ1) is 14.1. The molecule has 0 unspecified atom stereocenters. The summed E-state index contributed by atoms with van der Waals surface area (Å²) in [6.07, 6.45) is 0. The van der Waals surface area contributed by atoms with Gasteiger partial charge in [0.15, 0.2) is 11.5 Å². The molecule has 160 valence electrons. The summed E-state index contributed by atoms with van der Waals surface area (Å²) in [4.78, 5) is 30.6. The highest BCUT2D eigenvalue weighted by Gasteiger charge is 2.31. The quantitative estimate of drug-likeness (QED) is 0.455. The molecule has 0 bridgehead atoms. The van der Waals surface area contributed by atoms with Crippen LogP contribution in [0.5, 0.6) is 5.75 Å². The van der Waals surface area contributed by atoms with E-state index < -0.39 is 11.3 Å². The Bertz CT molecular complexity index is 978. The van der Waals surface area contributed by atoms with Crippen molar-refractivity contribution in [2.45, 2.75) is 34.6 Å². The molecule has 0 aliphatic rings. The molecule has 0 atom stereocenters. The Hall–Kier alpha value is -2.86. The summed E-state index contributed by atoms with van der Waals surface area (Å²) < 4.78 is 5.28. The molecular formula is C23H28ClN3O3. The van der Waals surface area contributed by atoms with Gasteiger partial charge in [-0.15, -0.1) is 0 Å². The van der Waals surface area contributed by atoms with Crippen molar-refractivity contribution in [2.75, 3.05) is 24.3 Å². The van der Waals surface area contributed by atoms with Gasteiger partial charge < -0.3 is 15.4 Å². The van der Waals surface area contributed by atoms with Crippen LogP contribution in [0.15, 0.2) is 41.4 Å². The van der Waals surface area contributed by atoms with Gasteiger partial charge in [0.05, 0.1) is 18.5 Å². The molecule has 0 heterocycles. The number of ketones is 1.